The minimum atomic E-state index is -0.107. The molecule has 2 heteroatoms. The summed E-state index contributed by atoms with van der Waals surface area (Å²) < 4.78 is 6.49. The van der Waals surface area contributed by atoms with Gasteiger partial charge >= 0.3 is 0 Å². The lowest BCUT2D eigenvalue weighted by atomic mass is 9.82. The fourth-order valence-corrected chi connectivity index (χ4v) is 7.87. The monoisotopic (exact) mass is 643 g/mol. The molecule has 2 aliphatic carbocycles. The average Bonchev–Trinajstić information content (AvgIpc) is 3.64. The first-order valence-electron chi connectivity index (χ1n) is 17.4. The van der Waals surface area contributed by atoms with Crippen molar-refractivity contribution in [3.63, 3.8) is 0 Å². The van der Waals surface area contributed by atoms with Crippen molar-refractivity contribution in [2.75, 3.05) is 4.90 Å². The predicted molar refractivity (Wildman–Crippen MR) is 212 cm³/mol. The number of nitrogens with zero attached hydrogens (tertiary/aromatic N) is 1. The van der Waals surface area contributed by atoms with Crippen LogP contribution in [0.1, 0.15) is 42.5 Å². The van der Waals surface area contributed by atoms with Gasteiger partial charge in [0.15, 0.2) is 0 Å². The molecule has 0 saturated carbocycles. The zero-order chi connectivity index (χ0) is 33.8. The van der Waals surface area contributed by atoms with Crippen LogP contribution < -0.4 is 4.90 Å². The number of para-hydroxylation sites is 1. The highest BCUT2D eigenvalue weighted by Crippen LogP contribution is 2.50. The number of furan rings is 1. The van der Waals surface area contributed by atoms with Gasteiger partial charge in [-0.15, -0.1) is 0 Å². The highest BCUT2D eigenvalue weighted by molar-refractivity contribution is 6.10. The molecule has 2 nitrogen and oxygen atoms in total. The van der Waals surface area contributed by atoms with Crippen molar-refractivity contribution in [2.45, 2.75) is 25.7 Å². The van der Waals surface area contributed by atoms with E-state index >= 15 is 0 Å². The van der Waals surface area contributed by atoms with Crippen LogP contribution in [-0.4, -0.2) is 0 Å². The number of benzene rings is 6. The van der Waals surface area contributed by atoms with Crippen LogP contribution in [-0.2, 0) is 5.41 Å². The van der Waals surface area contributed by atoms with E-state index in [9.17, 15) is 0 Å². The van der Waals surface area contributed by atoms with Crippen LogP contribution in [0.4, 0.5) is 11.4 Å². The number of rotatable bonds is 4. The normalized spacial score (nSPS) is 17.0. The first-order chi connectivity index (χ1) is 24.5. The number of anilines is 2. The Balaban J connectivity index is 1.18. The molecule has 9 rings (SSSR count). The molecule has 0 fully saturated rings. The quantitative estimate of drug-likeness (QED) is 0.190. The Morgan fingerprint density at radius 2 is 1.34 bits per heavy atom. The Hall–Kier alpha value is -6.12. The van der Waals surface area contributed by atoms with Crippen molar-refractivity contribution < 1.29 is 4.42 Å². The molecule has 0 amide bonds. The molecule has 1 aromatic heterocycles. The summed E-state index contributed by atoms with van der Waals surface area (Å²) in [6, 6.07) is 47.9. The van der Waals surface area contributed by atoms with Crippen LogP contribution in [0.3, 0.4) is 0 Å². The van der Waals surface area contributed by atoms with E-state index in [-0.39, 0.29) is 5.41 Å². The molecule has 0 unspecified atom stereocenters. The van der Waals surface area contributed by atoms with Gasteiger partial charge < -0.3 is 9.32 Å². The summed E-state index contributed by atoms with van der Waals surface area (Å²) in [5.41, 5.74) is 15.8. The summed E-state index contributed by atoms with van der Waals surface area (Å²) in [7, 11) is 0. The minimum absolute atomic E-state index is 0.107. The third-order valence-corrected chi connectivity index (χ3v) is 10.4. The molecule has 0 aliphatic heterocycles. The molecule has 0 radical (unpaired) electrons. The zero-order valence-corrected chi connectivity index (χ0v) is 28.4. The summed E-state index contributed by atoms with van der Waals surface area (Å²) in [5.74, 6) is 0. The summed E-state index contributed by atoms with van der Waals surface area (Å²) in [6.07, 6.45) is 11.9. The Labute approximate surface area is 293 Å². The minimum Gasteiger partial charge on any atom is -0.455 e. The second kappa shape index (κ2) is 11.8. The molecule has 0 spiro atoms. The Morgan fingerprint density at radius 3 is 2.20 bits per heavy atom. The maximum atomic E-state index is 6.49. The molecule has 7 aromatic rings. The Morgan fingerprint density at radius 1 is 0.620 bits per heavy atom. The Kier molecular flexibility index (Phi) is 7.07. The summed E-state index contributed by atoms with van der Waals surface area (Å²) in [4.78, 5) is 2.38. The standard InChI is InChI=1S/C48H37NO/c1-32-21-25-36(16-8-7-15-35-24-29-42-41-18-10-12-20-45(41)50-47(42)46(32)35)49(37-26-22-34(23-27-37)33-13-5-4-6-14-33)38-28-30-40-39-17-9-11-19-43(39)48(2,3)44(40)31-38/h4-7,9-31H,1,8H2,2-3H3/b15-7-,25-21-,36-16+. The second-order valence-electron chi connectivity index (χ2n) is 13.8. The van der Waals surface area contributed by atoms with Crippen LogP contribution in [0.15, 0.2) is 174 Å². The highest BCUT2D eigenvalue weighted by atomic mass is 16.3. The second-order valence-corrected chi connectivity index (χ2v) is 13.8. The van der Waals surface area contributed by atoms with Crippen molar-refractivity contribution >= 4 is 45.0 Å². The van der Waals surface area contributed by atoms with E-state index in [1.807, 2.05) is 12.1 Å². The topological polar surface area (TPSA) is 16.4 Å². The zero-order valence-electron chi connectivity index (χ0n) is 28.4. The van der Waals surface area contributed by atoms with E-state index < -0.39 is 0 Å². The van der Waals surface area contributed by atoms with Gasteiger partial charge in [0.2, 0.25) is 0 Å². The smallest absolute Gasteiger partial charge is 0.143 e. The van der Waals surface area contributed by atoms with Gasteiger partial charge in [-0.3, -0.25) is 0 Å². The molecule has 1 heterocycles. The van der Waals surface area contributed by atoms with E-state index in [0.717, 1.165) is 62.1 Å². The van der Waals surface area contributed by atoms with Crippen molar-refractivity contribution in [1.82, 2.24) is 0 Å². The molecular formula is C48H37NO. The van der Waals surface area contributed by atoms with Crippen molar-refractivity contribution in [1.29, 1.82) is 0 Å². The third-order valence-electron chi connectivity index (χ3n) is 10.4. The predicted octanol–water partition coefficient (Wildman–Crippen LogP) is 13.3. The first-order valence-corrected chi connectivity index (χ1v) is 17.4. The third kappa shape index (κ3) is 4.87. The van der Waals surface area contributed by atoms with Gasteiger partial charge in [-0.25, -0.2) is 0 Å². The van der Waals surface area contributed by atoms with Gasteiger partial charge in [0, 0.05) is 38.8 Å². The van der Waals surface area contributed by atoms with Gasteiger partial charge in [0.25, 0.3) is 0 Å². The number of hydrogen-bond donors (Lipinski definition) is 0. The van der Waals surface area contributed by atoms with Crippen LogP contribution >= 0.6 is 0 Å². The summed E-state index contributed by atoms with van der Waals surface area (Å²) >= 11 is 0. The largest absolute Gasteiger partial charge is 0.455 e. The fraction of sp³-hybridized carbons (Fsp3) is 0.0833. The highest BCUT2D eigenvalue weighted by Gasteiger charge is 2.35. The molecular weight excluding hydrogens is 607 g/mol. The van der Waals surface area contributed by atoms with Gasteiger partial charge in [-0.05, 0) is 93.4 Å². The SMILES string of the molecule is C=C1/C=C\C(N(c2ccc(-c3ccccc3)cc2)c2ccc3c(c2)C(C)(C)c2ccccc2-3)=C/C/C=C\c2ccc3c(oc4ccccc43)c21. The van der Waals surface area contributed by atoms with Gasteiger partial charge in [-0.1, -0.05) is 142 Å². The van der Waals surface area contributed by atoms with Crippen LogP contribution in [0, 0.1) is 0 Å². The molecule has 0 saturated heterocycles. The molecule has 6 aromatic carbocycles. The number of fused-ring (bicyclic) bond motifs is 8. The van der Waals surface area contributed by atoms with E-state index in [0.29, 0.717) is 0 Å². The van der Waals surface area contributed by atoms with Crippen molar-refractivity contribution in [2.24, 2.45) is 0 Å². The molecule has 50 heavy (non-hydrogen) atoms. The van der Waals surface area contributed by atoms with Crippen LogP contribution in [0.25, 0.3) is 55.8 Å². The van der Waals surface area contributed by atoms with Gasteiger partial charge in [0.05, 0.1) is 0 Å². The summed E-state index contributed by atoms with van der Waals surface area (Å²) in [6.45, 7) is 9.28. The van der Waals surface area contributed by atoms with Gasteiger partial charge in [0.1, 0.15) is 11.2 Å². The van der Waals surface area contributed by atoms with E-state index in [2.05, 4.69) is 177 Å². The maximum absolute atomic E-state index is 6.49. The number of allylic oxidation sites excluding steroid dienone is 5. The van der Waals surface area contributed by atoms with Crippen molar-refractivity contribution in [3.8, 4) is 22.3 Å². The lowest BCUT2D eigenvalue weighted by Crippen LogP contribution is -2.18. The van der Waals surface area contributed by atoms with Crippen LogP contribution in [0.2, 0.25) is 0 Å². The molecule has 0 atom stereocenters. The Bertz CT molecular complexity index is 2540. The first kappa shape index (κ1) is 30.0. The van der Waals surface area contributed by atoms with E-state index in [1.165, 1.54) is 33.4 Å². The summed E-state index contributed by atoms with van der Waals surface area (Å²) in [5, 5.41) is 2.23. The van der Waals surface area contributed by atoms with E-state index in [1.54, 1.807) is 0 Å². The lowest BCUT2D eigenvalue weighted by molar-refractivity contribution is 0.660. The number of hydrogen-bond acceptors (Lipinski definition) is 2. The van der Waals surface area contributed by atoms with Gasteiger partial charge in [-0.2, -0.15) is 0 Å². The molecule has 0 bridgehead atoms. The fourth-order valence-electron chi connectivity index (χ4n) is 7.87. The molecule has 240 valence electrons. The molecule has 2 aliphatic rings. The average molecular weight is 644 g/mol. The molecule has 0 N–H and O–H groups in total. The van der Waals surface area contributed by atoms with Crippen LogP contribution in [0.5, 0.6) is 0 Å². The lowest BCUT2D eigenvalue weighted by Gasteiger charge is -2.29. The van der Waals surface area contributed by atoms with Crippen molar-refractivity contribution in [3.05, 3.63) is 192 Å². The van der Waals surface area contributed by atoms with E-state index in [4.69, 9.17) is 4.42 Å². The maximum Gasteiger partial charge on any atom is 0.143 e.